The molecule has 0 N–H and O–H groups in total. The normalized spacial score (nSPS) is 12.3. The molecule has 1 aromatic heterocycles. The van der Waals surface area contributed by atoms with E-state index in [2.05, 4.69) is 20.9 Å². The van der Waals surface area contributed by atoms with Gasteiger partial charge in [0.05, 0.1) is 15.1 Å². The summed E-state index contributed by atoms with van der Waals surface area (Å²) in [6.07, 6.45) is 3.38. The second-order valence-corrected chi connectivity index (χ2v) is 8.22. The number of hydrogen-bond acceptors (Lipinski definition) is 4. The quantitative estimate of drug-likeness (QED) is 0.626. The molecule has 0 saturated carbocycles. The van der Waals surface area contributed by atoms with Gasteiger partial charge in [-0.3, -0.25) is 0 Å². The van der Waals surface area contributed by atoms with Crippen LogP contribution < -0.4 is 0 Å². The molecule has 0 amide bonds. The van der Waals surface area contributed by atoms with E-state index in [0.717, 1.165) is 5.56 Å². The molecule has 0 aliphatic heterocycles. The topological polar surface area (TPSA) is 60.2 Å². The van der Waals surface area contributed by atoms with Gasteiger partial charge in [-0.2, -0.15) is 0 Å². The van der Waals surface area contributed by atoms with Crippen molar-refractivity contribution in [3.63, 3.8) is 0 Å². The van der Waals surface area contributed by atoms with Gasteiger partial charge in [-0.15, -0.1) is 0 Å². The van der Waals surface area contributed by atoms with E-state index >= 15 is 0 Å². The summed E-state index contributed by atoms with van der Waals surface area (Å²) < 4.78 is 43.0. The van der Waals surface area contributed by atoms with Gasteiger partial charge in [0.15, 0.2) is 15.4 Å². The van der Waals surface area contributed by atoms with Crippen molar-refractivity contribution in [2.45, 2.75) is 11.8 Å². The van der Waals surface area contributed by atoms with Crippen molar-refractivity contribution >= 4 is 49.0 Å². The Labute approximate surface area is 147 Å². The van der Waals surface area contributed by atoms with Gasteiger partial charge in [0.2, 0.25) is 5.89 Å². The van der Waals surface area contributed by atoms with Crippen LogP contribution in [0, 0.1) is 5.82 Å². The number of sulfone groups is 1. The van der Waals surface area contributed by atoms with Crippen molar-refractivity contribution in [1.82, 2.24) is 4.98 Å². The van der Waals surface area contributed by atoms with Crippen molar-refractivity contribution in [3.8, 4) is 0 Å². The first-order valence-corrected chi connectivity index (χ1v) is 9.60. The lowest BCUT2D eigenvalue weighted by atomic mass is 10.2. The van der Waals surface area contributed by atoms with Crippen LogP contribution in [0.3, 0.4) is 0 Å². The molecule has 2 aromatic carbocycles. The Morgan fingerprint density at radius 2 is 2.00 bits per heavy atom. The molecule has 3 aromatic rings. The molecule has 0 unspecified atom stereocenters. The Bertz CT molecular complexity index is 1040. The third-order valence-electron chi connectivity index (χ3n) is 3.48. The molecule has 0 radical (unpaired) electrons. The van der Waals surface area contributed by atoms with Gasteiger partial charge in [0, 0.05) is 6.08 Å². The first-order valence-electron chi connectivity index (χ1n) is 7.15. The molecule has 0 bridgehead atoms. The van der Waals surface area contributed by atoms with E-state index in [0.29, 0.717) is 21.5 Å². The molecule has 1 heterocycles. The zero-order chi connectivity index (χ0) is 17.3. The first-order chi connectivity index (χ1) is 11.4. The third-order valence-corrected chi connectivity index (χ3v) is 5.82. The van der Waals surface area contributed by atoms with E-state index in [4.69, 9.17) is 4.42 Å². The molecular formula is C17H13BrFNO3S. The Hall–Kier alpha value is -1.99. The highest BCUT2D eigenvalue weighted by molar-refractivity contribution is 9.10. The summed E-state index contributed by atoms with van der Waals surface area (Å²) in [6.45, 7) is 1.59. The lowest BCUT2D eigenvalue weighted by molar-refractivity contribution is 0.589. The second-order valence-electron chi connectivity index (χ2n) is 5.09. The lowest BCUT2D eigenvalue weighted by Gasteiger charge is -1.99. The molecule has 0 aliphatic rings. The minimum Gasteiger partial charge on any atom is -0.437 e. The summed E-state index contributed by atoms with van der Waals surface area (Å²) in [5.74, 6) is 0.0397. The Morgan fingerprint density at radius 3 is 2.71 bits per heavy atom. The fourth-order valence-electron chi connectivity index (χ4n) is 2.14. The molecule has 24 heavy (non-hydrogen) atoms. The SMILES string of the molecule is CCS(=O)(=O)c1ccc2oc(/C=C/c3ccc(F)c(Br)c3)nc2c1. The monoisotopic (exact) mass is 409 g/mol. The van der Waals surface area contributed by atoms with Crippen LogP contribution in [0.5, 0.6) is 0 Å². The van der Waals surface area contributed by atoms with E-state index in [1.165, 1.54) is 18.2 Å². The molecule has 0 fully saturated rings. The summed E-state index contributed by atoms with van der Waals surface area (Å²) in [5, 5.41) is 0. The van der Waals surface area contributed by atoms with Gasteiger partial charge in [-0.05, 0) is 57.9 Å². The van der Waals surface area contributed by atoms with E-state index in [-0.39, 0.29) is 16.5 Å². The average Bonchev–Trinajstić information content (AvgIpc) is 2.98. The van der Waals surface area contributed by atoms with Crippen LogP contribution in [0.15, 0.2) is 50.2 Å². The molecular weight excluding hydrogens is 397 g/mol. The van der Waals surface area contributed by atoms with Crippen LogP contribution in [0.2, 0.25) is 0 Å². The van der Waals surface area contributed by atoms with Gasteiger partial charge < -0.3 is 4.42 Å². The predicted octanol–water partition coefficient (Wildman–Crippen LogP) is 4.69. The fraction of sp³-hybridized carbons (Fsp3) is 0.118. The average molecular weight is 410 g/mol. The van der Waals surface area contributed by atoms with Gasteiger partial charge in [-0.1, -0.05) is 13.0 Å². The molecule has 0 spiro atoms. The number of aromatic nitrogens is 1. The smallest absolute Gasteiger partial charge is 0.220 e. The van der Waals surface area contributed by atoms with E-state index in [1.54, 1.807) is 37.3 Å². The van der Waals surface area contributed by atoms with Gasteiger partial charge in [0.1, 0.15) is 11.3 Å². The Balaban J connectivity index is 1.93. The molecule has 7 heteroatoms. The number of hydrogen-bond donors (Lipinski definition) is 0. The first kappa shape index (κ1) is 16.9. The van der Waals surface area contributed by atoms with Gasteiger partial charge in [0.25, 0.3) is 0 Å². The van der Waals surface area contributed by atoms with E-state index < -0.39 is 9.84 Å². The number of fused-ring (bicyclic) bond motifs is 1. The molecule has 124 valence electrons. The zero-order valence-corrected chi connectivity index (χ0v) is 15.1. The summed E-state index contributed by atoms with van der Waals surface area (Å²) in [7, 11) is -3.28. The number of oxazole rings is 1. The zero-order valence-electron chi connectivity index (χ0n) is 12.7. The standard InChI is InChI=1S/C17H13BrFNO3S/c1-2-24(21,22)12-5-7-16-15(10-12)20-17(23-16)8-4-11-3-6-14(19)13(18)9-11/h3-10H,2H2,1H3/b8-4+. The molecule has 3 rings (SSSR count). The minimum atomic E-state index is -3.28. The van der Waals surface area contributed by atoms with Crippen molar-refractivity contribution < 1.29 is 17.2 Å². The summed E-state index contributed by atoms with van der Waals surface area (Å²) in [6, 6.07) is 9.24. The highest BCUT2D eigenvalue weighted by Gasteiger charge is 2.14. The second kappa shape index (κ2) is 6.49. The van der Waals surface area contributed by atoms with Crippen LogP contribution in [-0.2, 0) is 9.84 Å². The number of benzene rings is 2. The maximum atomic E-state index is 13.2. The fourth-order valence-corrected chi connectivity index (χ4v) is 3.44. The lowest BCUT2D eigenvalue weighted by Crippen LogP contribution is -2.03. The Morgan fingerprint density at radius 1 is 1.21 bits per heavy atom. The molecule has 4 nitrogen and oxygen atoms in total. The molecule has 0 aliphatic carbocycles. The van der Waals surface area contributed by atoms with Gasteiger partial charge in [-0.25, -0.2) is 17.8 Å². The number of halogens is 2. The van der Waals surface area contributed by atoms with Crippen LogP contribution in [0.25, 0.3) is 23.3 Å². The third kappa shape index (κ3) is 3.42. The summed E-state index contributed by atoms with van der Waals surface area (Å²) in [5.41, 5.74) is 1.76. The van der Waals surface area contributed by atoms with Crippen molar-refractivity contribution in [2.24, 2.45) is 0 Å². The molecule has 0 atom stereocenters. The van der Waals surface area contributed by atoms with Crippen molar-refractivity contribution in [2.75, 3.05) is 5.75 Å². The van der Waals surface area contributed by atoms with Crippen molar-refractivity contribution in [1.29, 1.82) is 0 Å². The maximum Gasteiger partial charge on any atom is 0.220 e. The van der Waals surface area contributed by atoms with E-state index in [1.807, 2.05) is 0 Å². The number of nitrogens with zero attached hydrogens (tertiary/aromatic N) is 1. The van der Waals surface area contributed by atoms with E-state index in [9.17, 15) is 12.8 Å². The highest BCUT2D eigenvalue weighted by atomic mass is 79.9. The Kier molecular flexibility index (Phi) is 4.56. The minimum absolute atomic E-state index is 0.0303. The van der Waals surface area contributed by atoms with Crippen LogP contribution in [-0.4, -0.2) is 19.2 Å². The predicted molar refractivity (Wildman–Crippen MR) is 94.8 cm³/mol. The summed E-state index contributed by atoms with van der Waals surface area (Å²) >= 11 is 3.13. The van der Waals surface area contributed by atoms with Gasteiger partial charge >= 0.3 is 0 Å². The number of rotatable bonds is 4. The highest BCUT2D eigenvalue weighted by Crippen LogP contribution is 2.22. The summed E-state index contributed by atoms with van der Waals surface area (Å²) in [4.78, 5) is 4.50. The maximum absolute atomic E-state index is 13.2. The largest absolute Gasteiger partial charge is 0.437 e. The van der Waals surface area contributed by atoms with Crippen LogP contribution >= 0.6 is 15.9 Å². The van der Waals surface area contributed by atoms with Crippen LogP contribution in [0.1, 0.15) is 18.4 Å². The van der Waals surface area contributed by atoms with Crippen LogP contribution in [0.4, 0.5) is 4.39 Å². The molecule has 0 saturated heterocycles. The van der Waals surface area contributed by atoms with Crippen molar-refractivity contribution in [3.05, 3.63) is 58.1 Å².